The van der Waals surface area contributed by atoms with Gasteiger partial charge in [0.05, 0.1) is 0 Å². The molecule has 1 rings (SSSR count). The first-order valence-corrected chi connectivity index (χ1v) is 5.73. The Morgan fingerprint density at radius 3 is 1.84 bits per heavy atom. The molecular formula is C9H4F4O5S. The van der Waals surface area contributed by atoms with Crippen molar-refractivity contribution >= 4 is 16.1 Å². The summed E-state index contributed by atoms with van der Waals surface area (Å²) in [6.45, 7) is 2.87. The third kappa shape index (κ3) is 2.74. The van der Waals surface area contributed by atoms with Crippen LogP contribution in [0.5, 0.6) is 5.75 Å². The van der Waals surface area contributed by atoms with E-state index in [0.29, 0.717) is 6.08 Å². The lowest BCUT2D eigenvalue weighted by molar-refractivity contribution is -0.129. The van der Waals surface area contributed by atoms with Gasteiger partial charge in [0, 0.05) is 6.08 Å². The molecule has 1 N–H and O–H groups in total. The minimum absolute atomic E-state index is 0.450. The van der Waals surface area contributed by atoms with Crippen LogP contribution in [0, 0.1) is 23.3 Å². The Hall–Kier alpha value is -1.94. The van der Waals surface area contributed by atoms with Crippen LogP contribution in [0.25, 0.3) is 0 Å². The van der Waals surface area contributed by atoms with Gasteiger partial charge in [0.2, 0.25) is 17.4 Å². The van der Waals surface area contributed by atoms with Gasteiger partial charge in [-0.1, -0.05) is 6.58 Å². The summed E-state index contributed by atoms with van der Waals surface area (Å²) in [7, 11) is -5.55. The number of rotatable bonds is 3. The fourth-order valence-electron chi connectivity index (χ4n) is 1.05. The molecule has 0 spiro atoms. The van der Waals surface area contributed by atoms with Crippen LogP contribution in [0.3, 0.4) is 0 Å². The molecule has 0 aliphatic heterocycles. The van der Waals surface area contributed by atoms with E-state index in [1.807, 2.05) is 0 Å². The highest BCUT2D eigenvalue weighted by Crippen LogP contribution is 2.32. The van der Waals surface area contributed by atoms with Crippen molar-refractivity contribution in [3.63, 3.8) is 0 Å². The number of carbonyl (C=O) groups excluding carboxylic acids is 1. The van der Waals surface area contributed by atoms with Crippen LogP contribution in [-0.4, -0.2) is 18.9 Å². The molecule has 0 saturated carbocycles. The van der Waals surface area contributed by atoms with Gasteiger partial charge in [0.1, 0.15) is 0 Å². The standard InChI is InChI=1S/C9H4F4O5S/c1-2-3(14)18-8-4(10)6(12)9(19(15,16)17)7(13)5(8)11/h2H,1H2,(H,15,16,17). The molecule has 0 unspecified atom stereocenters. The third-order valence-corrected chi connectivity index (χ3v) is 2.68. The Morgan fingerprint density at radius 2 is 1.53 bits per heavy atom. The predicted molar refractivity (Wildman–Crippen MR) is 51.9 cm³/mol. The Balaban J connectivity index is 3.66. The summed E-state index contributed by atoms with van der Waals surface area (Å²) in [4.78, 5) is 8.48. The Kier molecular flexibility index (Phi) is 3.96. The van der Waals surface area contributed by atoms with Crippen LogP contribution in [0.15, 0.2) is 17.6 Å². The quantitative estimate of drug-likeness (QED) is 0.229. The molecule has 1 aromatic carbocycles. The number of esters is 1. The monoisotopic (exact) mass is 300 g/mol. The maximum absolute atomic E-state index is 13.3. The number of ether oxygens (including phenoxy) is 1. The highest BCUT2D eigenvalue weighted by Gasteiger charge is 2.33. The van der Waals surface area contributed by atoms with Crippen LogP contribution in [-0.2, 0) is 14.9 Å². The second kappa shape index (κ2) is 4.97. The highest BCUT2D eigenvalue weighted by molar-refractivity contribution is 7.85. The number of hydrogen-bond donors (Lipinski definition) is 1. The summed E-state index contributed by atoms with van der Waals surface area (Å²) >= 11 is 0. The maximum atomic E-state index is 13.3. The Morgan fingerprint density at radius 1 is 1.11 bits per heavy atom. The van der Waals surface area contributed by atoms with Crippen LogP contribution >= 0.6 is 0 Å². The fraction of sp³-hybridized carbons (Fsp3) is 0. The van der Waals surface area contributed by atoms with E-state index in [-0.39, 0.29) is 0 Å². The van der Waals surface area contributed by atoms with Gasteiger partial charge in [-0.25, -0.2) is 13.6 Å². The summed E-state index contributed by atoms with van der Waals surface area (Å²) in [6, 6.07) is 0. The average molecular weight is 300 g/mol. The molecule has 0 heterocycles. The smallest absolute Gasteiger partial charge is 0.335 e. The average Bonchev–Trinajstić information content (AvgIpc) is 2.30. The van der Waals surface area contributed by atoms with E-state index in [0.717, 1.165) is 0 Å². The molecular weight excluding hydrogens is 296 g/mol. The number of hydrogen-bond acceptors (Lipinski definition) is 4. The molecule has 0 aliphatic carbocycles. The van der Waals surface area contributed by atoms with E-state index in [1.54, 1.807) is 0 Å². The van der Waals surface area contributed by atoms with Crippen molar-refractivity contribution in [2.75, 3.05) is 0 Å². The maximum Gasteiger partial charge on any atom is 0.335 e. The molecule has 0 saturated heterocycles. The SMILES string of the molecule is C=CC(=O)Oc1c(F)c(F)c(S(=O)(=O)O)c(F)c1F. The van der Waals surface area contributed by atoms with E-state index >= 15 is 0 Å². The van der Waals surface area contributed by atoms with E-state index in [9.17, 15) is 30.8 Å². The van der Waals surface area contributed by atoms with Crippen molar-refractivity contribution < 1.29 is 40.1 Å². The minimum Gasteiger partial charge on any atom is -0.417 e. The summed E-state index contributed by atoms with van der Waals surface area (Å²) in [5.41, 5.74) is 0. The first kappa shape index (κ1) is 15.1. The summed E-state index contributed by atoms with van der Waals surface area (Å²) in [5.74, 6) is -12.6. The van der Waals surface area contributed by atoms with Crippen LogP contribution in [0.2, 0.25) is 0 Å². The molecule has 0 aliphatic rings. The number of benzene rings is 1. The van der Waals surface area contributed by atoms with Gasteiger partial charge in [0.25, 0.3) is 0 Å². The molecule has 0 aromatic heterocycles. The van der Waals surface area contributed by atoms with E-state index in [2.05, 4.69) is 11.3 Å². The topological polar surface area (TPSA) is 80.7 Å². The largest absolute Gasteiger partial charge is 0.417 e. The van der Waals surface area contributed by atoms with Gasteiger partial charge < -0.3 is 4.74 Å². The molecule has 0 amide bonds. The Labute approximate surface area is 103 Å². The van der Waals surface area contributed by atoms with Gasteiger partial charge in [-0.3, -0.25) is 4.55 Å². The van der Waals surface area contributed by atoms with Crippen LogP contribution in [0.1, 0.15) is 0 Å². The van der Waals surface area contributed by atoms with Gasteiger partial charge in [0.15, 0.2) is 16.5 Å². The summed E-state index contributed by atoms with van der Waals surface area (Å²) in [6.07, 6.45) is 0.450. The Bertz CT molecular complexity index is 639. The van der Waals surface area contributed by atoms with Crippen molar-refractivity contribution in [3.8, 4) is 5.75 Å². The van der Waals surface area contributed by atoms with Crippen molar-refractivity contribution in [1.82, 2.24) is 0 Å². The summed E-state index contributed by atoms with van der Waals surface area (Å²) in [5, 5.41) is 0. The van der Waals surface area contributed by atoms with E-state index < -0.39 is 50.0 Å². The second-order valence-corrected chi connectivity index (χ2v) is 4.37. The van der Waals surface area contributed by atoms with E-state index in [4.69, 9.17) is 4.55 Å². The first-order valence-electron chi connectivity index (χ1n) is 4.29. The second-order valence-electron chi connectivity index (χ2n) is 3.01. The molecule has 0 atom stereocenters. The molecule has 0 radical (unpaired) electrons. The van der Waals surface area contributed by atoms with Crippen LogP contribution in [0.4, 0.5) is 17.6 Å². The zero-order valence-electron chi connectivity index (χ0n) is 8.78. The van der Waals surface area contributed by atoms with Crippen molar-refractivity contribution in [1.29, 1.82) is 0 Å². The zero-order chi connectivity index (χ0) is 15.0. The van der Waals surface area contributed by atoms with Crippen molar-refractivity contribution in [2.45, 2.75) is 4.90 Å². The van der Waals surface area contributed by atoms with Gasteiger partial charge in [-0.2, -0.15) is 17.2 Å². The van der Waals surface area contributed by atoms with Gasteiger partial charge >= 0.3 is 16.1 Å². The lowest BCUT2D eigenvalue weighted by atomic mass is 10.3. The van der Waals surface area contributed by atoms with E-state index in [1.165, 1.54) is 0 Å². The van der Waals surface area contributed by atoms with Crippen molar-refractivity contribution in [2.24, 2.45) is 0 Å². The number of carbonyl (C=O) groups is 1. The molecule has 0 bridgehead atoms. The van der Waals surface area contributed by atoms with Gasteiger partial charge in [-0.05, 0) is 0 Å². The van der Waals surface area contributed by atoms with Crippen molar-refractivity contribution in [3.05, 3.63) is 35.9 Å². The minimum atomic E-state index is -5.55. The molecule has 5 nitrogen and oxygen atoms in total. The normalized spacial score (nSPS) is 11.2. The number of halogens is 4. The highest BCUT2D eigenvalue weighted by atomic mass is 32.2. The molecule has 104 valence electrons. The lowest BCUT2D eigenvalue weighted by Gasteiger charge is -2.09. The molecule has 10 heteroatoms. The zero-order valence-corrected chi connectivity index (χ0v) is 9.60. The lowest BCUT2D eigenvalue weighted by Crippen LogP contribution is -2.14. The van der Waals surface area contributed by atoms with Crippen LogP contribution < -0.4 is 4.74 Å². The molecule has 19 heavy (non-hydrogen) atoms. The molecule has 1 aromatic rings. The molecule has 0 fully saturated rings. The predicted octanol–water partition coefficient (Wildman–Crippen LogP) is 1.58. The summed E-state index contributed by atoms with van der Waals surface area (Å²) < 4.78 is 86.5. The third-order valence-electron chi connectivity index (χ3n) is 1.81. The first-order chi connectivity index (χ1) is 8.61. The fourth-order valence-corrected chi connectivity index (χ4v) is 1.68. The van der Waals surface area contributed by atoms with Gasteiger partial charge in [-0.15, -0.1) is 0 Å².